The highest BCUT2D eigenvalue weighted by molar-refractivity contribution is 7.90. The highest BCUT2D eigenvalue weighted by Gasteiger charge is 2.24. The lowest BCUT2D eigenvalue weighted by Crippen LogP contribution is -2.32. The number of sulfonamides is 1. The predicted octanol–water partition coefficient (Wildman–Crippen LogP) is 2.05. The summed E-state index contributed by atoms with van der Waals surface area (Å²) in [6, 6.07) is 14.6. The van der Waals surface area contributed by atoms with E-state index in [1.807, 2.05) is 30.3 Å². The first-order chi connectivity index (χ1) is 11.7. The van der Waals surface area contributed by atoms with Crippen molar-refractivity contribution in [2.75, 3.05) is 19.3 Å². The molecule has 0 spiro atoms. The normalized spacial score (nSPS) is 12.0. The summed E-state index contributed by atoms with van der Waals surface area (Å²) in [5.74, 6) is 0. The van der Waals surface area contributed by atoms with Gasteiger partial charge in [0.1, 0.15) is 0 Å². The van der Waals surface area contributed by atoms with E-state index in [-0.39, 0.29) is 28.7 Å². The summed E-state index contributed by atoms with van der Waals surface area (Å²) >= 11 is 0. The van der Waals surface area contributed by atoms with Gasteiger partial charge in [-0.25, -0.2) is 16.8 Å². The molecule has 0 fully saturated rings. The molecule has 0 aromatic heterocycles. The Morgan fingerprint density at radius 2 is 1.42 bits per heavy atom. The number of halogens is 1. The monoisotopic (exact) mass is 418 g/mol. The maximum Gasteiger partial charge on any atom is 0.243 e. The minimum absolute atomic E-state index is 0. The predicted molar refractivity (Wildman–Crippen MR) is 105 cm³/mol. The van der Waals surface area contributed by atoms with Gasteiger partial charge in [-0.3, -0.25) is 0 Å². The van der Waals surface area contributed by atoms with Crippen LogP contribution >= 0.6 is 12.4 Å². The summed E-state index contributed by atoms with van der Waals surface area (Å²) in [7, 11) is -7.12. The third-order valence-corrected chi connectivity index (χ3v) is 6.69. The number of benzene rings is 2. The van der Waals surface area contributed by atoms with Crippen molar-refractivity contribution in [1.82, 2.24) is 4.31 Å². The van der Waals surface area contributed by atoms with Crippen LogP contribution in [0.25, 0.3) is 0 Å². The highest BCUT2D eigenvalue weighted by atomic mass is 35.5. The number of sulfone groups is 1. The molecule has 0 aliphatic rings. The average Bonchev–Trinajstić information content (AvgIpc) is 2.58. The van der Waals surface area contributed by atoms with Crippen LogP contribution in [-0.4, -0.2) is 40.5 Å². The molecule has 0 aliphatic carbocycles. The standard InChI is InChI=1S/C17H22N2O4S2.ClH/c1-24(20,21)16-8-10-17(11-9-16)25(22,23)19(13-5-12-18)14-15-6-3-2-4-7-15;/h2-4,6-11H,5,12-14,18H2,1H3;1H. The smallest absolute Gasteiger partial charge is 0.243 e. The van der Waals surface area contributed by atoms with Crippen LogP contribution in [0.4, 0.5) is 0 Å². The Labute approximate surface area is 161 Å². The summed E-state index contributed by atoms with van der Waals surface area (Å²) in [6.07, 6.45) is 1.62. The second-order valence-electron chi connectivity index (χ2n) is 5.71. The summed E-state index contributed by atoms with van der Waals surface area (Å²) in [6.45, 7) is 0.909. The van der Waals surface area contributed by atoms with Gasteiger partial charge in [-0.2, -0.15) is 4.31 Å². The Morgan fingerprint density at radius 1 is 0.885 bits per heavy atom. The van der Waals surface area contributed by atoms with Crippen molar-refractivity contribution in [3.05, 3.63) is 60.2 Å². The van der Waals surface area contributed by atoms with Crippen LogP contribution in [0.1, 0.15) is 12.0 Å². The lowest BCUT2D eigenvalue weighted by Gasteiger charge is -2.22. The first-order valence-corrected chi connectivity index (χ1v) is 11.1. The molecule has 2 aromatic carbocycles. The molecule has 6 nitrogen and oxygen atoms in total. The minimum Gasteiger partial charge on any atom is -0.330 e. The van der Waals surface area contributed by atoms with Crippen LogP contribution in [0.3, 0.4) is 0 Å². The van der Waals surface area contributed by atoms with Gasteiger partial charge in [0.15, 0.2) is 9.84 Å². The molecule has 2 aromatic rings. The molecule has 26 heavy (non-hydrogen) atoms. The van der Waals surface area contributed by atoms with Gasteiger partial charge in [0, 0.05) is 19.3 Å². The van der Waals surface area contributed by atoms with Gasteiger partial charge in [0.2, 0.25) is 10.0 Å². The van der Waals surface area contributed by atoms with Crippen molar-refractivity contribution >= 4 is 32.3 Å². The fourth-order valence-electron chi connectivity index (χ4n) is 2.35. The Bertz CT molecular complexity index is 900. The molecule has 0 radical (unpaired) electrons. The van der Waals surface area contributed by atoms with Crippen molar-refractivity contribution in [1.29, 1.82) is 0 Å². The van der Waals surface area contributed by atoms with Crippen molar-refractivity contribution < 1.29 is 16.8 Å². The van der Waals surface area contributed by atoms with Crippen molar-refractivity contribution in [2.24, 2.45) is 5.73 Å². The zero-order valence-corrected chi connectivity index (χ0v) is 16.9. The van der Waals surface area contributed by atoms with Crippen LogP contribution in [0.15, 0.2) is 64.4 Å². The number of hydrogen-bond acceptors (Lipinski definition) is 5. The Kier molecular flexibility index (Phi) is 8.23. The minimum atomic E-state index is -3.75. The van der Waals surface area contributed by atoms with Gasteiger partial charge >= 0.3 is 0 Å². The van der Waals surface area contributed by atoms with E-state index in [2.05, 4.69) is 0 Å². The third-order valence-electron chi connectivity index (χ3n) is 3.70. The quantitative estimate of drug-likeness (QED) is 0.707. The summed E-state index contributed by atoms with van der Waals surface area (Å²) in [5, 5.41) is 0. The van der Waals surface area contributed by atoms with E-state index in [0.717, 1.165) is 11.8 Å². The lowest BCUT2D eigenvalue weighted by atomic mass is 10.2. The Balaban J connectivity index is 0.00000338. The summed E-state index contributed by atoms with van der Waals surface area (Å²) in [4.78, 5) is 0.149. The van der Waals surface area contributed by atoms with E-state index in [1.54, 1.807) is 0 Å². The van der Waals surface area contributed by atoms with E-state index in [0.29, 0.717) is 19.5 Å². The van der Waals surface area contributed by atoms with Crippen LogP contribution in [0.5, 0.6) is 0 Å². The van der Waals surface area contributed by atoms with E-state index >= 15 is 0 Å². The van der Waals surface area contributed by atoms with Crippen molar-refractivity contribution in [3.63, 3.8) is 0 Å². The van der Waals surface area contributed by atoms with Gasteiger partial charge in [-0.05, 0) is 42.8 Å². The SMILES string of the molecule is CS(=O)(=O)c1ccc(S(=O)(=O)N(CCCN)Cc2ccccc2)cc1.Cl. The van der Waals surface area contributed by atoms with Crippen LogP contribution in [0, 0.1) is 0 Å². The number of nitrogens with zero attached hydrogens (tertiary/aromatic N) is 1. The van der Waals surface area contributed by atoms with Crippen LogP contribution < -0.4 is 5.73 Å². The molecule has 0 unspecified atom stereocenters. The number of rotatable bonds is 8. The first-order valence-electron chi connectivity index (χ1n) is 7.79. The molecule has 0 aliphatic heterocycles. The molecular weight excluding hydrogens is 396 g/mol. The molecule has 2 rings (SSSR count). The molecule has 2 N–H and O–H groups in total. The molecule has 0 atom stereocenters. The van der Waals surface area contributed by atoms with Crippen molar-refractivity contribution in [2.45, 2.75) is 22.8 Å². The summed E-state index contributed by atoms with van der Waals surface area (Å²) in [5.41, 5.74) is 6.40. The molecule has 0 amide bonds. The number of nitrogens with two attached hydrogens (primary N) is 1. The third kappa shape index (κ3) is 5.78. The fourth-order valence-corrected chi connectivity index (χ4v) is 4.44. The second kappa shape index (κ2) is 9.48. The molecule has 0 saturated carbocycles. The van der Waals surface area contributed by atoms with Gasteiger partial charge in [-0.15, -0.1) is 12.4 Å². The molecular formula is C17H23ClN2O4S2. The highest BCUT2D eigenvalue weighted by Crippen LogP contribution is 2.20. The fraction of sp³-hybridized carbons (Fsp3) is 0.294. The first kappa shape index (κ1) is 22.6. The van der Waals surface area contributed by atoms with Crippen molar-refractivity contribution in [3.8, 4) is 0 Å². The molecule has 144 valence electrons. The van der Waals surface area contributed by atoms with Gasteiger partial charge < -0.3 is 5.73 Å². The van der Waals surface area contributed by atoms with Gasteiger partial charge in [0.05, 0.1) is 9.79 Å². The zero-order valence-electron chi connectivity index (χ0n) is 14.4. The van der Waals surface area contributed by atoms with E-state index in [1.165, 1.54) is 28.6 Å². The topological polar surface area (TPSA) is 97.5 Å². The lowest BCUT2D eigenvalue weighted by molar-refractivity contribution is 0.401. The van der Waals surface area contributed by atoms with E-state index in [4.69, 9.17) is 5.73 Å². The average molecular weight is 419 g/mol. The Morgan fingerprint density at radius 3 is 1.92 bits per heavy atom. The van der Waals surface area contributed by atoms with Gasteiger partial charge in [0.25, 0.3) is 0 Å². The van der Waals surface area contributed by atoms with E-state index < -0.39 is 19.9 Å². The van der Waals surface area contributed by atoms with Crippen LogP contribution in [-0.2, 0) is 26.4 Å². The van der Waals surface area contributed by atoms with Crippen LogP contribution in [0.2, 0.25) is 0 Å². The second-order valence-corrected chi connectivity index (χ2v) is 9.66. The molecule has 0 heterocycles. The maximum absolute atomic E-state index is 12.9. The number of hydrogen-bond donors (Lipinski definition) is 1. The zero-order chi connectivity index (χ0) is 18.5. The maximum atomic E-state index is 12.9. The van der Waals surface area contributed by atoms with Gasteiger partial charge in [-0.1, -0.05) is 30.3 Å². The molecule has 0 bridgehead atoms. The molecule has 9 heteroatoms. The largest absolute Gasteiger partial charge is 0.330 e. The Hall–Kier alpha value is -1.45. The van der Waals surface area contributed by atoms with E-state index in [9.17, 15) is 16.8 Å². The summed E-state index contributed by atoms with van der Waals surface area (Å²) < 4.78 is 50.3. The molecule has 0 saturated heterocycles.